The van der Waals surface area contributed by atoms with Crippen LogP contribution in [0.2, 0.25) is 0 Å². The van der Waals surface area contributed by atoms with E-state index in [-0.39, 0.29) is 0 Å². The Morgan fingerprint density at radius 3 is 2.68 bits per heavy atom. The number of nitrogens with two attached hydrogens (primary N) is 1. The topological polar surface area (TPSA) is 35.2 Å². The second-order valence-corrected chi connectivity index (χ2v) is 5.33. The SMILES string of the molecule is CCOc1ccccc1CSc1cccc(C)c1N. The highest BCUT2D eigenvalue weighted by molar-refractivity contribution is 7.98. The van der Waals surface area contributed by atoms with Crippen molar-refractivity contribution in [1.29, 1.82) is 0 Å². The van der Waals surface area contributed by atoms with Crippen LogP contribution in [0.25, 0.3) is 0 Å². The molecule has 2 rings (SSSR count). The summed E-state index contributed by atoms with van der Waals surface area (Å²) in [6.07, 6.45) is 0. The number of thioether (sulfide) groups is 1. The van der Waals surface area contributed by atoms with E-state index in [0.717, 1.165) is 27.6 Å². The number of anilines is 1. The van der Waals surface area contributed by atoms with Crippen LogP contribution in [0.15, 0.2) is 47.4 Å². The average Bonchev–Trinajstić information content (AvgIpc) is 2.42. The third-order valence-corrected chi connectivity index (χ3v) is 4.06. The molecule has 0 atom stereocenters. The molecule has 0 fully saturated rings. The molecule has 0 unspecified atom stereocenters. The molecule has 0 aliphatic rings. The maximum Gasteiger partial charge on any atom is 0.123 e. The monoisotopic (exact) mass is 273 g/mol. The zero-order valence-corrected chi connectivity index (χ0v) is 12.2. The zero-order chi connectivity index (χ0) is 13.7. The molecule has 0 amide bonds. The minimum atomic E-state index is 0.689. The lowest BCUT2D eigenvalue weighted by atomic mass is 10.2. The van der Waals surface area contributed by atoms with E-state index < -0.39 is 0 Å². The second-order valence-electron chi connectivity index (χ2n) is 4.32. The summed E-state index contributed by atoms with van der Waals surface area (Å²) in [6, 6.07) is 14.3. The summed E-state index contributed by atoms with van der Waals surface area (Å²) >= 11 is 1.75. The molecule has 2 aromatic carbocycles. The van der Waals surface area contributed by atoms with E-state index in [1.54, 1.807) is 11.8 Å². The molecule has 2 N–H and O–H groups in total. The Hall–Kier alpha value is -1.61. The van der Waals surface area contributed by atoms with Crippen molar-refractivity contribution in [3.8, 4) is 5.75 Å². The lowest BCUT2D eigenvalue weighted by Crippen LogP contribution is -1.96. The summed E-state index contributed by atoms with van der Waals surface area (Å²) in [4.78, 5) is 1.13. The molecule has 2 nitrogen and oxygen atoms in total. The van der Waals surface area contributed by atoms with Gasteiger partial charge in [-0.15, -0.1) is 11.8 Å². The molecular weight excluding hydrogens is 254 g/mol. The highest BCUT2D eigenvalue weighted by Crippen LogP contribution is 2.32. The Balaban J connectivity index is 2.12. The molecule has 3 heteroatoms. The van der Waals surface area contributed by atoms with E-state index in [1.807, 2.05) is 44.2 Å². The van der Waals surface area contributed by atoms with Crippen molar-refractivity contribution in [3.63, 3.8) is 0 Å². The lowest BCUT2D eigenvalue weighted by molar-refractivity contribution is 0.337. The molecule has 0 aromatic heterocycles. The van der Waals surface area contributed by atoms with Crippen molar-refractivity contribution in [2.24, 2.45) is 0 Å². The van der Waals surface area contributed by atoms with Crippen molar-refractivity contribution >= 4 is 17.4 Å². The first-order valence-corrected chi connectivity index (χ1v) is 7.39. The molecule has 0 saturated heterocycles. The number of para-hydroxylation sites is 2. The van der Waals surface area contributed by atoms with Gasteiger partial charge >= 0.3 is 0 Å². The number of ether oxygens (including phenoxy) is 1. The van der Waals surface area contributed by atoms with Crippen molar-refractivity contribution in [1.82, 2.24) is 0 Å². The van der Waals surface area contributed by atoms with E-state index in [4.69, 9.17) is 10.5 Å². The smallest absolute Gasteiger partial charge is 0.123 e. The number of hydrogen-bond acceptors (Lipinski definition) is 3. The molecule has 0 aliphatic carbocycles. The van der Waals surface area contributed by atoms with Gasteiger partial charge in [-0.2, -0.15) is 0 Å². The lowest BCUT2D eigenvalue weighted by Gasteiger charge is -2.11. The normalized spacial score (nSPS) is 10.4. The van der Waals surface area contributed by atoms with Crippen LogP contribution in [0, 0.1) is 6.92 Å². The minimum Gasteiger partial charge on any atom is -0.494 e. The van der Waals surface area contributed by atoms with E-state index in [1.165, 1.54) is 5.56 Å². The standard InChI is InChI=1S/C16H19NOS/c1-3-18-14-9-5-4-8-13(14)11-19-15-10-6-7-12(2)16(15)17/h4-10H,3,11,17H2,1-2H3. The molecule has 100 valence electrons. The highest BCUT2D eigenvalue weighted by Gasteiger charge is 2.06. The van der Waals surface area contributed by atoms with Gasteiger partial charge < -0.3 is 10.5 Å². The number of hydrogen-bond donors (Lipinski definition) is 1. The fourth-order valence-electron chi connectivity index (χ4n) is 1.85. The van der Waals surface area contributed by atoms with Gasteiger partial charge in [0.1, 0.15) is 5.75 Å². The van der Waals surface area contributed by atoms with E-state index in [9.17, 15) is 0 Å². The number of nitrogen functional groups attached to an aromatic ring is 1. The van der Waals surface area contributed by atoms with Gasteiger partial charge in [0.25, 0.3) is 0 Å². The Morgan fingerprint density at radius 1 is 1.11 bits per heavy atom. The summed E-state index contributed by atoms with van der Waals surface area (Å²) in [5.41, 5.74) is 9.30. The van der Waals surface area contributed by atoms with Gasteiger partial charge in [0.05, 0.1) is 6.61 Å². The van der Waals surface area contributed by atoms with E-state index >= 15 is 0 Å². The van der Waals surface area contributed by atoms with Gasteiger partial charge in [-0.1, -0.05) is 30.3 Å². The summed E-state index contributed by atoms with van der Waals surface area (Å²) in [5, 5.41) is 0. The van der Waals surface area contributed by atoms with Gasteiger partial charge in [0, 0.05) is 21.9 Å². The van der Waals surface area contributed by atoms with Crippen molar-refractivity contribution in [2.75, 3.05) is 12.3 Å². The molecule has 0 heterocycles. The Kier molecular flexibility index (Phi) is 4.74. The molecule has 0 spiro atoms. The largest absolute Gasteiger partial charge is 0.494 e. The Morgan fingerprint density at radius 2 is 1.89 bits per heavy atom. The third kappa shape index (κ3) is 3.44. The van der Waals surface area contributed by atoms with E-state index in [0.29, 0.717) is 6.61 Å². The molecule has 19 heavy (non-hydrogen) atoms. The van der Waals surface area contributed by atoms with Crippen molar-refractivity contribution in [2.45, 2.75) is 24.5 Å². The predicted octanol–water partition coefficient (Wildman–Crippen LogP) is 4.27. The average molecular weight is 273 g/mol. The molecule has 0 aliphatic heterocycles. The summed E-state index contributed by atoms with van der Waals surface area (Å²) in [7, 11) is 0. The Labute approximate surface area is 119 Å². The van der Waals surface area contributed by atoms with Crippen LogP contribution >= 0.6 is 11.8 Å². The van der Waals surface area contributed by atoms with Gasteiger partial charge in [0.2, 0.25) is 0 Å². The van der Waals surface area contributed by atoms with Gasteiger partial charge in [-0.05, 0) is 31.5 Å². The fraction of sp³-hybridized carbons (Fsp3) is 0.250. The first-order chi connectivity index (χ1) is 9.22. The van der Waals surface area contributed by atoms with Crippen LogP contribution in [-0.4, -0.2) is 6.61 Å². The first kappa shape index (κ1) is 13.8. The number of aryl methyl sites for hydroxylation is 1. The zero-order valence-electron chi connectivity index (χ0n) is 11.3. The van der Waals surface area contributed by atoms with Crippen LogP contribution in [-0.2, 0) is 5.75 Å². The van der Waals surface area contributed by atoms with Crippen LogP contribution in [0.4, 0.5) is 5.69 Å². The van der Waals surface area contributed by atoms with Gasteiger partial charge in [-0.3, -0.25) is 0 Å². The maximum atomic E-state index is 6.09. The Bertz CT molecular complexity index is 554. The van der Waals surface area contributed by atoms with Crippen LogP contribution in [0.5, 0.6) is 5.75 Å². The summed E-state index contributed by atoms with van der Waals surface area (Å²) < 4.78 is 5.63. The number of rotatable bonds is 5. The molecule has 0 radical (unpaired) electrons. The van der Waals surface area contributed by atoms with Crippen LogP contribution in [0.1, 0.15) is 18.1 Å². The van der Waals surface area contributed by atoms with Crippen LogP contribution in [0.3, 0.4) is 0 Å². The minimum absolute atomic E-state index is 0.689. The first-order valence-electron chi connectivity index (χ1n) is 6.41. The van der Waals surface area contributed by atoms with E-state index in [2.05, 4.69) is 12.1 Å². The quantitative estimate of drug-likeness (QED) is 0.652. The second kappa shape index (κ2) is 6.53. The molecule has 0 bridgehead atoms. The molecule has 2 aromatic rings. The fourth-order valence-corrected chi connectivity index (χ4v) is 2.90. The number of benzene rings is 2. The van der Waals surface area contributed by atoms with Crippen LogP contribution < -0.4 is 10.5 Å². The van der Waals surface area contributed by atoms with Gasteiger partial charge in [0.15, 0.2) is 0 Å². The van der Waals surface area contributed by atoms with Crippen molar-refractivity contribution < 1.29 is 4.74 Å². The van der Waals surface area contributed by atoms with Gasteiger partial charge in [-0.25, -0.2) is 0 Å². The summed E-state index contributed by atoms with van der Waals surface area (Å²) in [5.74, 6) is 1.83. The maximum absolute atomic E-state index is 6.09. The molecular formula is C16H19NOS. The highest BCUT2D eigenvalue weighted by atomic mass is 32.2. The summed E-state index contributed by atoms with van der Waals surface area (Å²) in [6.45, 7) is 4.73. The predicted molar refractivity (Wildman–Crippen MR) is 82.8 cm³/mol. The third-order valence-electron chi connectivity index (χ3n) is 2.94. The molecule has 0 saturated carbocycles. The van der Waals surface area contributed by atoms with Crippen molar-refractivity contribution in [3.05, 3.63) is 53.6 Å².